The molecule has 2 amide bonds. The highest BCUT2D eigenvalue weighted by Gasteiger charge is 2.17. The van der Waals surface area contributed by atoms with Gasteiger partial charge in [0.1, 0.15) is 0 Å². The smallest absolute Gasteiger partial charge is 0.254 e. The van der Waals surface area contributed by atoms with Gasteiger partial charge < -0.3 is 10.2 Å². The van der Waals surface area contributed by atoms with E-state index >= 15 is 0 Å². The van der Waals surface area contributed by atoms with E-state index in [2.05, 4.69) is 5.32 Å². The molecule has 1 unspecified atom stereocenters. The van der Waals surface area contributed by atoms with Crippen molar-refractivity contribution in [3.05, 3.63) is 69.7 Å². The molecule has 0 heterocycles. The van der Waals surface area contributed by atoms with Crippen LogP contribution in [0.3, 0.4) is 0 Å². The number of rotatable bonds is 5. The molecule has 0 radical (unpaired) electrons. The lowest BCUT2D eigenvalue weighted by Gasteiger charge is -2.20. The third-order valence-corrected chi connectivity index (χ3v) is 4.12. The number of nitrogens with zero attached hydrogens (tertiary/aromatic N) is 1. The average Bonchev–Trinajstić information content (AvgIpc) is 2.54. The Hall–Kier alpha value is -2.04. The standard InChI is InChI=1S/C18H18Cl2N2O2/c1-12(15-9-8-14(19)10-16(15)20)21-17(23)11-22(2)18(24)13-6-4-3-5-7-13/h3-10,12H,11H2,1-2H3,(H,21,23). The number of halogens is 2. The topological polar surface area (TPSA) is 49.4 Å². The average molecular weight is 365 g/mol. The van der Waals surface area contributed by atoms with Gasteiger partial charge in [-0.1, -0.05) is 47.5 Å². The zero-order chi connectivity index (χ0) is 17.7. The molecular weight excluding hydrogens is 347 g/mol. The first-order valence-electron chi connectivity index (χ1n) is 7.43. The summed E-state index contributed by atoms with van der Waals surface area (Å²) in [5.74, 6) is -0.469. The van der Waals surface area contributed by atoms with Gasteiger partial charge in [-0.2, -0.15) is 0 Å². The molecule has 2 aromatic rings. The summed E-state index contributed by atoms with van der Waals surface area (Å²) < 4.78 is 0. The highest BCUT2D eigenvalue weighted by molar-refractivity contribution is 6.35. The maximum Gasteiger partial charge on any atom is 0.254 e. The fourth-order valence-corrected chi connectivity index (χ4v) is 2.88. The number of carbonyl (C=O) groups excluding carboxylic acids is 2. The van der Waals surface area contributed by atoms with Crippen molar-refractivity contribution in [3.8, 4) is 0 Å². The largest absolute Gasteiger partial charge is 0.348 e. The van der Waals surface area contributed by atoms with E-state index in [0.717, 1.165) is 5.56 Å². The summed E-state index contributed by atoms with van der Waals surface area (Å²) in [5, 5.41) is 3.86. The Morgan fingerprint density at radius 3 is 2.42 bits per heavy atom. The van der Waals surface area contributed by atoms with Crippen molar-refractivity contribution >= 4 is 35.0 Å². The Labute approximate surface area is 151 Å². The SMILES string of the molecule is CC(NC(=O)CN(C)C(=O)c1ccccc1)c1ccc(Cl)cc1Cl. The van der Waals surface area contributed by atoms with Crippen LogP contribution in [-0.4, -0.2) is 30.3 Å². The van der Waals surface area contributed by atoms with E-state index in [9.17, 15) is 9.59 Å². The Kier molecular flexibility index (Phi) is 6.23. The summed E-state index contributed by atoms with van der Waals surface area (Å²) in [6.45, 7) is 1.79. The molecule has 1 N–H and O–H groups in total. The first-order valence-corrected chi connectivity index (χ1v) is 8.19. The molecule has 0 fully saturated rings. The molecule has 2 rings (SSSR count). The monoisotopic (exact) mass is 364 g/mol. The van der Waals surface area contributed by atoms with Crippen LogP contribution in [0.4, 0.5) is 0 Å². The number of nitrogens with one attached hydrogen (secondary N) is 1. The van der Waals surface area contributed by atoms with Gasteiger partial charge >= 0.3 is 0 Å². The van der Waals surface area contributed by atoms with E-state index in [0.29, 0.717) is 15.6 Å². The van der Waals surface area contributed by atoms with Gasteiger partial charge in [-0.15, -0.1) is 0 Å². The Bertz CT molecular complexity index is 735. The Morgan fingerprint density at radius 1 is 1.12 bits per heavy atom. The third-order valence-electron chi connectivity index (χ3n) is 3.55. The van der Waals surface area contributed by atoms with Crippen LogP contribution in [0.5, 0.6) is 0 Å². The van der Waals surface area contributed by atoms with Crippen LogP contribution < -0.4 is 5.32 Å². The van der Waals surface area contributed by atoms with Crippen LogP contribution in [0.2, 0.25) is 10.0 Å². The second-order valence-corrected chi connectivity index (χ2v) is 6.33. The number of carbonyl (C=O) groups is 2. The maximum atomic E-state index is 12.2. The molecule has 0 spiro atoms. The van der Waals surface area contributed by atoms with Gasteiger partial charge in [-0.3, -0.25) is 9.59 Å². The summed E-state index contributed by atoms with van der Waals surface area (Å²) in [7, 11) is 1.59. The van der Waals surface area contributed by atoms with E-state index in [1.807, 2.05) is 13.0 Å². The first kappa shape index (κ1) is 18.3. The molecule has 0 aromatic heterocycles. The van der Waals surface area contributed by atoms with Crippen molar-refractivity contribution in [2.24, 2.45) is 0 Å². The predicted molar refractivity (Wildman–Crippen MR) is 96.4 cm³/mol. The minimum atomic E-state index is -0.289. The van der Waals surface area contributed by atoms with Gasteiger partial charge in [0.05, 0.1) is 12.6 Å². The highest BCUT2D eigenvalue weighted by Crippen LogP contribution is 2.26. The third kappa shape index (κ3) is 4.73. The number of amides is 2. The normalized spacial score (nSPS) is 11.7. The molecule has 0 aliphatic heterocycles. The molecule has 4 nitrogen and oxygen atoms in total. The lowest BCUT2D eigenvalue weighted by atomic mass is 10.1. The molecule has 6 heteroatoms. The van der Waals surface area contributed by atoms with Crippen molar-refractivity contribution < 1.29 is 9.59 Å². The van der Waals surface area contributed by atoms with Crippen molar-refractivity contribution in [2.75, 3.05) is 13.6 Å². The molecule has 0 bridgehead atoms. The van der Waals surface area contributed by atoms with Gasteiger partial charge in [0.15, 0.2) is 0 Å². The summed E-state index contributed by atoms with van der Waals surface area (Å²) in [6, 6.07) is 13.7. The predicted octanol–water partition coefficient (Wildman–Crippen LogP) is 3.94. The van der Waals surface area contributed by atoms with Gasteiger partial charge in [0.2, 0.25) is 5.91 Å². The van der Waals surface area contributed by atoms with Crippen LogP contribution in [0.15, 0.2) is 48.5 Å². The molecule has 1 atom stereocenters. The zero-order valence-corrected chi connectivity index (χ0v) is 14.9. The van der Waals surface area contributed by atoms with Crippen LogP contribution in [0.1, 0.15) is 28.9 Å². The van der Waals surface area contributed by atoms with Crippen molar-refractivity contribution in [1.82, 2.24) is 10.2 Å². The molecular formula is C18H18Cl2N2O2. The van der Waals surface area contributed by atoms with Gasteiger partial charge in [-0.25, -0.2) is 0 Å². The summed E-state index contributed by atoms with van der Waals surface area (Å²) in [6.07, 6.45) is 0. The van der Waals surface area contributed by atoms with Crippen LogP contribution >= 0.6 is 23.2 Å². The van der Waals surface area contributed by atoms with Crippen LogP contribution in [0, 0.1) is 0 Å². The van der Waals surface area contributed by atoms with Crippen molar-refractivity contribution in [1.29, 1.82) is 0 Å². The lowest BCUT2D eigenvalue weighted by molar-refractivity contribution is -0.122. The molecule has 0 saturated carbocycles. The van der Waals surface area contributed by atoms with E-state index in [1.54, 1.807) is 49.5 Å². The lowest BCUT2D eigenvalue weighted by Crippen LogP contribution is -2.39. The number of hydrogen-bond acceptors (Lipinski definition) is 2. The molecule has 2 aromatic carbocycles. The number of benzene rings is 2. The maximum absolute atomic E-state index is 12.2. The van der Waals surface area contributed by atoms with Crippen molar-refractivity contribution in [2.45, 2.75) is 13.0 Å². The number of likely N-dealkylation sites (N-methyl/N-ethyl adjacent to an activating group) is 1. The molecule has 0 aliphatic rings. The van der Waals surface area contributed by atoms with Crippen LogP contribution in [-0.2, 0) is 4.79 Å². The van der Waals surface area contributed by atoms with E-state index in [1.165, 1.54) is 4.90 Å². The highest BCUT2D eigenvalue weighted by atomic mass is 35.5. The quantitative estimate of drug-likeness (QED) is 0.873. The van der Waals surface area contributed by atoms with E-state index < -0.39 is 0 Å². The minimum Gasteiger partial charge on any atom is -0.348 e. The molecule has 0 saturated heterocycles. The van der Waals surface area contributed by atoms with Crippen molar-refractivity contribution in [3.63, 3.8) is 0 Å². The minimum absolute atomic E-state index is 0.0384. The van der Waals surface area contributed by atoms with Crippen LogP contribution in [0.25, 0.3) is 0 Å². The van der Waals surface area contributed by atoms with E-state index in [4.69, 9.17) is 23.2 Å². The second-order valence-electron chi connectivity index (χ2n) is 5.48. The Balaban J connectivity index is 1.96. The van der Waals surface area contributed by atoms with Gasteiger partial charge in [-0.05, 0) is 36.8 Å². The summed E-state index contributed by atoms with van der Waals surface area (Å²) in [5.41, 5.74) is 1.31. The number of hydrogen-bond donors (Lipinski definition) is 1. The molecule has 126 valence electrons. The Morgan fingerprint density at radius 2 is 1.79 bits per heavy atom. The molecule has 24 heavy (non-hydrogen) atoms. The van der Waals surface area contributed by atoms with E-state index in [-0.39, 0.29) is 24.4 Å². The zero-order valence-electron chi connectivity index (χ0n) is 13.4. The van der Waals surface area contributed by atoms with Gasteiger partial charge in [0.25, 0.3) is 5.91 Å². The fraction of sp³-hybridized carbons (Fsp3) is 0.222. The summed E-state index contributed by atoms with van der Waals surface area (Å²) >= 11 is 12.0. The van der Waals surface area contributed by atoms with Gasteiger partial charge in [0, 0.05) is 22.7 Å². The summed E-state index contributed by atoms with van der Waals surface area (Å²) in [4.78, 5) is 25.8. The second kappa shape index (κ2) is 8.18. The fourth-order valence-electron chi connectivity index (χ4n) is 2.31. The first-order chi connectivity index (χ1) is 11.4. The molecule has 0 aliphatic carbocycles.